The molecule has 0 aliphatic carbocycles. The summed E-state index contributed by atoms with van der Waals surface area (Å²) in [5.74, 6) is 8.02. The normalized spacial score (nSPS) is 25.2. The standard InChI is InChI=1S/C29H31N7O3/c1-19-5-10-24(32-14-19)33-27(37)21-8-6-20(7-9-21)26-34-25(23-15-31-11-13-36(23,26)30)22-4-3-12-35(16-22)28(38)29(2)17-39-18-29/h5-11,13-15,22H,3-4,12,16-18,30H2,1-2H3/p+1/t22-,36?/m1/s1. The number of anilines is 1. The maximum absolute atomic E-state index is 13.2. The van der Waals surface area contributed by atoms with Crippen LogP contribution in [-0.4, -0.2) is 64.6 Å². The highest BCUT2D eigenvalue weighted by molar-refractivity contribution is 6.05. The summed E-state index contributed by atoms with van der Waals surface area (Å²) >= 11 is 0. The molecule has 6 rings (SSSR count). The number of amidine groups is 1. The smallest absolute Gasteiger partial charge is 0.264 e. The number of rotatable bonds is 5. The van der Waals surface area contributed by atoms with Crippen LogP contribution >= 0.6 is 0 Å². The Bertz CT molecular complexity index is 1440. The van der Waals surface area contributed by atoms with E-state index in [9.17, 15) is 9.59 Å². The van der Waals surface area contributed by atoms with Gasteiger partial charge < -0.3 is 15.0 Å². The molecule has 0 spiro atoms. The number of quaternary nitrogens is 1. The summed E-state index contributed by atoms with van der Waals surface area (Å²) in [5, 5.41) is 2.82. The molecule has 2 atom stereocenters. The van der Waals surface area contributed by atoms with Gasteiger partial charge in [-0.2, -0.15) is 10.8 Å². The number of nitrogens with two attached hydrogens (primary N) is 1. The Morgan fingerprint density at radius 1 is 1.18 bits per heavy atom. The number of hydrogen-bond acceptors (Lipinski definition) is 7. The fourth-order valence-corrected chi connectivity index (χ4v) is 5.51. The van der Waals surface area contributed by atoms with Crippen molar-refractivity contribution < 1.29 is 18.9 Å². The maximum atomic E-state index is 13.2. The molecule has 3 N–H and O–H groups in total. The molecule has 200 valence electrons. The Kier molecular flexibility index (Phi) is 6.25. The van der Waals surface area contributed by atoms with Crippen LogP contribution in [0.4, 0.5) is 5.82 Å². The van der Waals surface area contributed by atoms with Gasteiger partial charge in [0.25, 0.3) is 11.7 Å². The number of fused-ring (bicyclic) bond motifs is 1. The van der Waals surface area contributed by atoms with Crippen LogP contribution in [0.3, 0.4) is 0 Å². The minimum absolute atomic E-state index is 0.0471. The van der Waals surface area contributed by atoms with Crippen LogP contribution in [0.15, 0.2) is 76.4 Å². The highest BCUT2D eigenvalue weighted by Crippen LogP contribution is 2.39. The quantitative estimate of drug-likeness (QED) is 0.458. The fourth-order valence-electron chi connectivity index (χ4n) is 5.51. The van der Waals surface area contributed by atoms with E-state index in [-0.39, 0.29) is 22.3 Å². The summed E-state index contributed by atoms with van der Waals surface area (Å²) in [7, 11) is 0. The summed E-state index contributed by atoms with van der Waals surface area (Å²) in [5.41, 5.74) is 3.56. The summed E-state index contributed by atoms with van der Waals surface area (Å²) in [6.07, 6.45) is 8.77. The lowest BCUT2D eigenvalue weighted by atomic mass is 9.85. The average Bonchev–Trinajstić information content (AvgIpc) is 3.25. The van der Waals surface area contributed by atoms with Gasteiger partial charge in [0.2, 0.25) is 11.6 Å². The van der Waals surface area contributed by atoms with Crippen LogP contribution in [0, 0.1) is 18.3 Å². The molecule has 5 heterocycles. The van der Waals surface area contributed by atoms with Crippen LogP contribution in [0.1, 0.15) is 41.3 Å². The molecular weight excluding hydrogens is 494 g/mol. The van der Waals surface area contributed by atoms with Gasteiger partial charge in [-0.25, -0.2) is 4.98 Å². The molecule has 0 saturated carbocycles. The number of allylic oxidation sites excluding steroid dienone is 1. The van der Waals surface area contributed by atoms with Gasteiger partial charge in [0.15, 0.2) is 0 Å². The fraction of sp³-hybridized carbons (Fsp3) is 0.345. The molecule has 1 unspecified atom stereocenters. The minimum Gasteiger partial charge on any atom is -0.379 e. The second-order valence-corrected chi connectivity index (χ2v) is 11.0. The van der Waals surface area contributed by atoms with Crippen LogP contribution in [0.5, 0.6) is 0 Å². The van der Waals surface area contributed by atoms with Gasteiger partial charge in [0.1, 0.15) is 17.7 Å². The van der Waals surface area contributed by atoms with E-state index in [4.69, 9.17) is 15.6 Å². The van der Waals surface area contributed by atoms with Gasteiger partial charge in [-0.15, -0.1) is 4.59 Å². The number of nitrogens with zero attached hydrogens (tertiary/aromatic N) is 5. The van der Waals surface area contributed by atoms with Gasteiger partial charge in [0.05, 0.1) is 36.6 Å². The summed E-state index contributed by atoms with van der Waals surface area (Å²) in [6, 6.07) is 10.9. The average molecular weight is 527 g/mol. The van der Waals surface area contributed by atoms with Crippen molar-refractivity contribution >= 4 is 29.7 Å². The first-order valence-corrected chi connectivity index (χ1v) is 13.2. The number of aromatic nitrogens is 1. The third-order valence-electron chi connectivity index (χ3n) is 7.83. The van der Waals surface area contributed by atoms with Crippen LogP contribution in [0.2, 0.25) is 0 Å². The predicted octanol–water partition coefficient (Wildman–Crippen LogP) is 3.14. The maximum Gasteiger partial charge on any atom is 0.264 e. The number of hydrogen-bond donors (Lipinski definition) is 2. The lowest BCUT2D eigenvalue weighted by Gasteiger charge is -2.42. The van der Waals surface area contributed by atoms with Crippen molar-refractivity contribution in [3.8, 4) is 0 Å². The third-order valence-corrected chi connectivity index (χ3v) is 7.83. The van der Waals surface area contributed by atoms with E-state index in [0.717, 1.165) is 41.9 Å². The van der Waals surface area contributed by atoms with Crippen molar-refractivity contribution in [3.05, 3.63) is 83.1 Å². The van der Waals surface area contributed by atoms with E-state index >= 15 is 0 Å². The number of likely N-dealkylation sites (tertiary alicyclic amines) is 1. The van der Waals surface area contributed by atoms with Gasteiger partial charge in [-0.3, -0.25) is 14.6 Å². The number of aryl methyl sites for hydroxylation is 1. The molecule has 1 aromatic carbocycles. The van der Waals surface area contributed by atoms with E-state index in [2.05, 4.69) is 15.3 Å². The molecule has 4 aliphatic rings. The third kappa shape index (κ3) is 4.50. The van der Waals surface area contributed by atoms with Gasteiger partial charge >= 0.3 is 0 Å². The van der Waals surface area contributed by atoms with E-state index in [1.807, 2.05) is 43.1 Å². The summed E-state index contributed by atoms with van der Waals surface area (Å²) < 4.78 is 5.23. The number of nitrogens with one attached hydrogen (secondary N) is 1. The number of ether oxygens (including phenoxy) is 1. The van der Waals surface area contributed by atoms with Crippen molar-refractivity contribution in [2.75, 3.05) is 31.6 Å². The Balaban J connectivity index is 1.24. The van der Waals surface area contributed by atoms with Crippen molar-refractivity contribution in [1.82, 2.24) is 9.88 Å². The van der Waals surface area contributed by atoms with Gasteiger partial charge in [-0.1, -0.05) is 6.07 Å². The molecular formula is C29H32N7O3+. The Labute approximate surface area is 227 Å². The molecule has 39 heavy (non-hydrogen) atoms. The van der Waals surface area contributed by atoms with Crippen molar-refractivity contribution in [3.63, 3.8) is 0 Å². The molecule has 2 saturated heterocycles. The van der Waals surface area contributed by atoms with E-state index < -0.39 is 5.41 Å². The zero-order valence-electron chi connectivity index (χ0n) is 22.1. The first-order valence-electron chi connectivity index (χ1n) is 13.2. The van der Waals surface area contributed by atoms with E-state index in [1.54, 1.807) is 36.8 Å². The topological polar surface area (TPSA) is 122 Å². The first-order chi connectivity index (χ1) is 18.8. The Hall–Kier alpha value is -3.99. The molecule has 2 fully saturated rings. The van der Waals surface area contributed by atoms with E-state index in [0.29, 0.717) is 37.0 Å². The number of amides is 2. The highest BCUT2D eigenvalue weighted by atomic mass is 16.5. The molecule has 10 heteroatoms. The summed E-state index contributed by atoms with van der Waals surface area (Å²) in [6.45, 7) is 6.19. The number of carbonyl (C=O) groups excluding carboxylic acids is 2. The van der Waals surface area contributed by atoms with E-state index in [1.165, 1.54) is 0 Å². The van der Waals surface area contributed by atoms with Crippen molar-refractivity contribution in [2.45, 2.75) is 26.7 Å². The van der Waals surface area contributed by atoms with Crippen LogP contribution in [-0.2, 0) is 9.53 Å². The largest absolute Gasteiger partial charge is 0.379 e. The number of carbonyl (C=O) groups is 2. The monoisotopic (exact) mass is 526 g/mol. The SMILES string of the molecule is Cc1ccc(NC(=O)c2ccc(C3=NC([C@@H]4CCCN(C(=O)C5(C)COC5)C4)=C4C=NC=C[N+]34N)cc2)nc1. The summed E-state index contributed by atoms with van der Waals surface area (Å²) in [4.78, 5) is 41.6. The lowest BCUT2D eigenvalue weighted by molar-refractivity contribution is -0.750. The second-order valence-electron chi connectivity index (χ2n) is 11.0. The Morgan fingerprint density at radius 3 is 2.67 bits per heavy atom. The van der Waals surface area contributed by atoms with Crippen molar-refractivity contribution in [2.24, 2.45) is 27.2 Å². The molecule has 1 aromatic heterocycles. The first kappa shape index (κ1) is 25.3. The zero-order chi connectivity index (χ0) is 27.2. The van der Waals surface area contributed by atoms with Crippen LogP contribution in [0.25, 0.3) is 0 Å². The molecule has 0 bridgehead atoms. The number of benzene rings is 1. The lowest BCUT2D eigenvalue weighted by Crippen LogP contribution is -2.55. The molecule has 4 aliphatic heterocycles. The highest BCUT2D eigenvalue weighted by Gasteiger charge is 2.48. The van der Waals surface area contributed by atoms with Crippen LogP contribution < -0.4 is 11.2 Å². The molecule has 2 amide bonds. The van der Waals surface area contributed by atoms with Gasteiger partial charge in [0, 0.05) is 30.8 Å². The number of pyridine rings is 1. The molecule has 10 nitrogen and oxygen atoms in total. The van der Waals surface area contributed by atoms with Crippen molar-refractivity contribution in [1.29, 1.82) is 0 Å². The molecule has 2 aromatic rings. The predicted molar refractivity (Wildman–Crippen MR) is 147 cm³/mol. The second kappa shape index (κ2) is 9.64. The minimum atomic E-state index is -0.434. The molecule has 0 radical (unpaired) electrons. The van der Waals surface area contributed by atoms with Gasteiger partial charge in [-0.05, 0) is 62.6 Å². The zero-order valence-corrected chi connectivity index (χ0v) is 22.1. The number of aliphatic imine (C=N–C) groups is 2. The number of piperidine rings is 1. The Morgan fingerprint density at radius 2 is 1.97 bits per heavy atom.